The molecule has 16 heavy (non-hydrogen) atoms. The molecule has 1 atom stereocenters. The van der Waals surface area contributed by atoms with Crippen LogP contribution in [0.25, 0.3) is 0 Å². The molecule has 0 amide bonds. The van der Waals surface area contributed by atoms with Gasteiger partial charge in [-0.3, -0.25) is 9.69 Å². The maximum absolute atomic E-state index is 11.5. The van der Waals surface area contributed by atoms with Gasteiger partial charge in [0.1, 0.15) is 5.78 Å². The normalized spacial score (nSPS) is 22.2. The van der Waals surface area contributed by atoms with E-state index in [1.807, 2.05) is 0 Å². The van der Waals surface area contributed by atoms with Crippen LogP contribution in [0.2, 0.25) is 0 Å². The van der Waals surface area contributed by atoms with Gasteiger partial charge >= 0.3 is 0 Å². The number of aryl methyl sites for hydroxylation is 1. The van der Waals surface area contributed by atoms with E-state index in [0.717, 1.165) is 25.8 Å². The zero-order valence-electron chi connectivity index (χ0n) is 9.76. The number of aromatic nitrogens is 4. The van der Waals surface area contributed by atoms with Gasteiger partial charge in [0.15, 0.2) is 5.82 Å². The summed E-state index contributed by atoms with van der Waals surface area (Å²) >= 11 is 0. The third-order valence-corrected chi connectivity index (χ3v) is 2.98. The van der Waals surface area contributed by atoms with Gasteiger partial charge in [-0.05, 0) is 31.5 Å². The zero-order chi connectivity index (χ0) is 11.5. The largest absolute Gasteiger partial charge is 0.298 e. The van der Waals surface area contributed by atoms with Crippen molar-refractivity contribution in [3.8, 4) is 0 Å². The highest BCUT2D eigenvalue weighted by Gasteiger charge is 2.26. The third-order valence-electron chi connectivity index (χ3n) is 2.98. The molecule has 1 aliphatic rings. The molecule has 1 aromatic heterocycles. The molecule has 1 aliphatic heterocycles. The van der Waals surface area contributed by atoms with Gasteiger partial charge in [0.25, 0.3) is 0 Å². The first-order chi connectivity index (χ1) is 7.66. The van der Waals surface area contributed by atoms with E-state index in [9.17, 15) is 4.79 Å². The van der Waals surface area contributed by atoms with E-state index in [-0.39, 0.29) is 11.8 Å². The molecular weight excluding hydrogens is 206 g/mol. The topological polar surface area (TPSA) is 63.9 Å². The molecule has 2 rings (SSSR count). The number of hydrogen-bond donors (Lipinski definition) is 0. The molecule has 0 spiro atoms. The van der Waals surface area contributed by atoms with Crippen LogP contribution in [0.3, 0.4) is 0 Å². The molecule has 0 N–H and O–H groups in total. The van der Waals surface area contributed by atoms with Crippen LogP contribution in [0.4, 0.5) is 0 Å². The van der Waals surface area contributed by atoms with Gasteiger partial charge in [-0.1, -0.05) is 6.42 Å². The predicted molar refractivity (Wildman–Crippen MR) is 57.5 cm³/mol. The van der Waals surface area contributed by atoms with Gasteiger partial charge < -0.3 is 0 Å². The maximum Gasteiger partial charge on any atom is 0.188 e. The van der Waals surface area contributed by atoms with Crippen molar-refractivity contribution < 1.29 is 4.79 Å². The Morgan fingerprint density at radius 2 is 2.31 bits per heavy atom. The first kappa shape index (κ1) is 11.2. The lowest BCUT2D eigenvalue weighted by atomic mass is 9.99. The molecule has 6 nitrogen and oxygen atoms in total. The van der Waals surface area contributed by atoms with Crippen molar-refractivity contribution in [1.82, 2.24) is 25.1 Å². The lowest BCUT2D eigenvalue weighted by Gasteiger charge is -2.32. The summed E-state index contributed by atoms with van der Waals surface area (Å²) < 4.78 is 0. The van der Waals surface area contributed by atoms with Crippen molar-refractivity contribution >= 4 is 5.78 Å². The second kappa shape index (κ2) is 4.69. The second-order valence-electron chi connectivity index (χ2n) is 4.29. The molecule has 1 fully saturated rings. The predicted octanol–water partition coefficient (Wildman–Crippen LogP) is 0.154. The minimum Gasteiger partial charge on any atom is -0.298 e. The average Bonchev–Trinajstić information content (AvgIpc) is 2.64. The summed E-state index contributed by atoms with van der Waals surface area (Å²) in [5.41, 5.74) is 0. The van der Waals surface area contributed by atoms with Gasteiger partial charge in [-0.15, -0.1) is 10.2 Å². The number of rotatable bonds is 3. The second-order valence-corrected chi connectivity index (χ2v) is 4.29. The van der Waals surface area contributed by atoms with E-state index in [4.69, 9.17) is 0 Å². The van der Waals surface area contributed by atoms with Gasteiger partial charge in [0.2, 0.25) is 0 Å². The van der Waals surface area contributed by atoms with Gasteiger partial charge in [0.05, 0.1) is 19.6 Å². The Morgan fingerprint density at radius 3 is 2.94 bits per heavy atom. The summed E-state index contributed by atoms with van der Waals surface area (Å²) in [7, 11) is 1.75. The first-order valence-electron chi connectivity index (χ1n) is 5.64. The van der Waals surface area contributed by atoms with Crippen LogP contribution in [0.1, 0.15) is 32.0 Å². The maximum atomic E-state index is 11.5. The number of likely N-dealkylation sites (tertiary alicyclic amines) is 1. The fraction of sp³-hybridized carbons (Fsp3) is 0.800. The van der Waals surface area contributed by atoms with Crippen LogP contribution in [0.15, 0.2) is 0 Å². The number of hydrogen-bond acceptors (Lipinski definition) is 5. The molecule has 1 unspecified atom stereocenters. The van der Waals surface area contributed by atoms with Crippen LogP contribution in [-0.2, 0) is 18.4 Å². The molecule has 1 aromatic rings. The summed E-state index contributed by atoms with van der Waals surface area (Å²) in [6.45, 7) is 3.23. The third kappa shape index (κ3) is 2.44. The van der Waals surface area contributed by atoms with Gasteiger partial charge in [-0.2, -0.15) is 4.80 Å². The Hall–Kier alpha value is -1.30. The number of Topliss-reactive ketones (excluding diaryl/α,β-unsaturated/α-hetero) is 1. The molecule has 0 aliphatic carbocycles. The zero-order valence-corrected chi connectivity index (χ0v) is 9.76. The van der Waals surface area contributed by atoms with Crippen molar-refractivity contribution in [2.75, 3.05) is 6.54 Å². The lowest BCUT2D eigenvalue weighted by Crippen LogP contribution is -2.43. The molecule has 0 saturated carbocycles. The van der Waals surface area contributed by atoms with E-state index in [1.165, 1.54) is 4.80 Å². The first-order valence-corrected chi connectivity index (χ1v) is 5.64. The number of carbonyl (C=O) groups excluding carboxylic acids is 1. The summed E-state index contributed by atoms with van der Waals surface area (Å²) in [6, 6.07) is 0.0394. The van der Waals surface area contributed by atoms with E-state index < -0.39 is 0 Å². The average molecular weight is 223 g/mol. The molecule has 0 aromatic carbocycles. The van der Waals surface area contributed by atoms with Crippen molar-refractivity contribution in [2.45, 2.75) is 38.8 Å². The fourth-order valence-corrected chi connectivity index (χ4v) is 2.21. The Bertz CT molecular complexity index is 375. The fourth-order valence-electron chi connectivity index (χ4n) is 2.21. The van der Waals surface area contributed by atoms with E-state index in [0.29, 0.717) is 12.4 Å². The van der Waals surface area contributed by atoms with Crippen LogP contribution < -0.4 is 0 Å². The van der Waals surface area contributed by atoms with Gasteiger partial charge in [-0.25, -0.2) is 0 Å². The highest BCUT2D eigenvalue weighted by molar-refractivity contribution is 5.81. The monoisotopic (exact) mass is 223 g/mol. The molecule has 0 bridgehead atoms. The van der Waals surface area contributed by atoms with Crippen molar-refractivity contribution in [3.63, 3.8) is 0 Å². The lowest BCUT2D eigenvalue weighted by molar-refractivity contribution is -0.123. The molecule has 0 radical (unpaired) electrons. The Labute approximate surface area is 94.6 Å². The summed E-state index contributed by atoms with van der Waals surface area (Å²) in [5, 5.41) is 11.9. The van der Waals surface area contributed by atoms with Crippen molar-refractivity contribution in [1.29, 1.82) is 0 Å². The number of carbonyl (C=O) groups is 1. The molecule has 1 saturated heterocycles. The number of tetrazole rings is 1. The highest BCUT2D eigenvalue weighted by atomic mass is 16.1. The summed E-state index contributed by atoms with van der Waals surface area (Å²) in [6.07, 6.45) is 3.23. The van der Waals surface area contributed by atoms with Crippen LogP contribution in [-0.4, -0.2) is 43.5 Å². The Morgan fingerprint density at radius 1 is 1.50 bits per heavy atom. The summed E-state index contributed by atoms with van der Waals surface area (Å²) in [5.74, 6) is 0.930. The quantitative estimate of drug-likeness (QED) is 0.730. The van der Waals surface area contributed by atoms with E-state index in [1.54, 1.807) is 14.0 Å². The van der Waals surface area contributed by atoms with E-state index >= 15 is 0 Å². The molecule has 6 heteroatoms. The number of ketones is 1. The Kier molecular flexibility index (Phi) is 3.28. The minimum atomic E-state index is 0.0394. The van der Waals surface area contributed by atoms with Gasteiger partial charge in [0, 0.05) is 0 Å². The van der Waals surface area contributed by atoms with Crippen LogP contribution >= 0.6 is 0 Å². The molecule has 2 heterocycles. The van der Waals surface area contributed by atoms with Crippen LogP contribution in [0, 0.1) is 0 Å². The Balaban J connectivity index is 2.03. The van der Waals surface area contributed by atoms with Crippen molar-refractivity contribution in [2.24, 2.45) is 7.05 Å². The SMILES string of the molecule is CC(=O)C1CCCCN1Cc1nnn(C)n1. The number of nitrogens with zero attached hydrogens (tertiary/aromatic N) is 5. The van der Waals surface area contributed by atoms with Crippen LogP contribution in [0.5, 0.6) is 0 Å². The smallest absolute Gasteiger partial charge is 0.188 e. The standard InChI is InChI=1S/C10H17N5O/c1-8(16)9-5-3-4-6-15(9)7-10-11-13-14(2)12-10/h9H,3-7H2,1-2H3. The molecule has 88 valence electrons. The summed E-state index contributed by atoms with van der Waals surface area (Å²) in [4.78, 5) is 15.1. The van der Waals surface area contributed by atoms with Crippen molar-refractivity contribution in [3.05, 3.63) is 5.82 Å². The minimum absolute atomic E-state index is 0.0394. The molecular formula is C10H17N5O. The van der Waals surface area contributed by atoms with E-state index in [2.05, 4.69) is 20.3 Å². The highest BCUT2D eigenvalue weighted by Crippen LogP contribution is 2.18. The number of piperidine rings is 1.